The molecule has 6 nitrogen and oxygen atoms in total. The van der Waals surface area contributed by atoms with Crippen LogP contribution in [0.25, 0.3) is 0 Å². The monoisotopic (exact) mass is 360 g/mol. The largest absolute Gasteiger partial charge is 0.341 e. The van der Waals surface area contributed by atoms with Crippen molar-refractivity contribution >= 4 is 21.8 Å². The molecule has 1 aromatic rings. The predicted octanol–water partition coefficient (Wildman–Crippen LogP) is 2.15. The number of rotatable bonds is 4. The van der Waals surface area contributed by atoms with E-state index in [-0.39, 0.29) is 12.5 Å². The molecule has 0 radical (unpaired) electrons. The Morgan fingerprint density at radius 1 is 1.17 bits per heavy atom. The molecule has 132 valence electrons. The Balaban J connectivity index is 2.18. The fourth-order valence-corrected chi connectivity index (χ4v) is 3.05. The van der Waals surface area contributed by atoms with Gasteiger partial charge in [0.05, 0.1) is 11.4 Å². The standard InChI is InChI=1S/C15H18F2N2O4S/c1-15(2,3)11-12(20)19(14(21)18-11)8-9-4-6-10(7-5-9)24(22,23)13(16)17/h4-7,11,13H,8H2,1-3H3,(H,18,21)/t11-/m0/s1. The van der Waals surface area contributed by atoms with Crippen molar-refractivity contribution in [2.75, 3.05) is 0 Å². The number of carbonyl (C=O) groups excluding carboxylic acids is 2. The molecule has 1 fully saturated rings. The zero-order valence-corrected chi connectivity index (χ0v) is 14.2. The molecule has 0 spiro atoms. The van der Waals surface area contributed by atoms with Crippen LogP contribution in [-0.2, 0) is 21.2 Å². The molecule has 1 aromatic carbocycles. The summed E-state index contributed by atoms with van der Waals surface area (Å²) in [5.41, 5.74) is 0.0118. The highest BCUT2D eigenvalue weighted by Gasteiger charge is 2.44. The van der Waals surface area contributed by atoms with E-state index in [4.69, 9.17) is 0 Å². The van der Waals surface area contributed by atoms with Gasteiger partial charge in [0.2, 0.25) is 9.84 Å². The molecule has 0 unspecified atom stereocenters. The molecule has 3 amide bonds. The van der Waals surface area contributed by atoms with Crippen molar-refractivity contribution in [2.24, 2.45) is 5.41 Å². The van der Waals surface area contributed by atoms with Gasteiger partial charge in [-0.15, -0.1) is 0 Å². The number of halogens is 2. The summed E-state index contributed by atoms with van der Waals surface area (Å²) in [4.78, 5) is 24.8. The highest BCUT2D eigenvalue weighted by Crippen LogP contribution is 2.26. The van der Waals surface area contributed by atoms with Crippen molar-refractivity contribution in [1.29, 1.82) is 0 Å². The van der Waals surface area contributed by atoms with Gasteiger partial charge in [-0.1, -0.05) is 32.9 Å². The molecule has 0 aromatic heterocycles. The van der Waals surface area contributed by atoms with Crippen LogP contribution >= 0.6 is 0 Å². The Labute approximate surface area is 138 Å². The minimum absolute atomic E-state index is 0.0632. The van der Waals surface area contributed by atoms with Gasteiger partial charge in [-0.05, 0) is 23.1 Å². The maximum atomic E-state index is 12.5. The summed E-state index contributed by atoms with van der Waals surface area (Å²) < 4.78 is 47.7. The van der Waals surface area contributed by atoms with Crippen molar-refractivity contribution in [1.82, 2.24) is 10.2 Å². The minimum Gasteiger partial charge on any atom is -0.325 e. The van der Waals surface area contributed by atoms with Crippen LogP contribution < -0.4 is 5.32 Å². The molecular formula is C15H18F2N2O4S. The molecular weight excluding hydrogens is 342 g/mol. The number of urea groups is 1. The van der Waals surface area contributed by atoms with Gasteiger partial charge in [-0.25, -0.2) is 13.2 Å². The molecule has 1 N–H and O–H groups in total. The van der Waals surface area contributed by atoms with Crippen LogP contribution in [-0.4, -0.2) is 37.1 Å². The van der Waals surface area contributed by atoms with Crippen molar-refractivity contribution in [3.63, 3.8) is 0 Å². The lowest BCUT2D eigenvalue weighted by atomic mass is 9.87. The van der Waals surface area contributed by atoms with E-state index in [0.717, 1.165) is 17.0 Å². The van der Waals surface area contributed by atoms with E-state index in [0.29, 0.717) is 5.56 Å². The summed E-state index contributed by atoms with van der Waals surface area (Å²) in [5, 5.41) is 2.61. The van der Waals surface area contributed by atoms with Crippen LogP contribution in [0.15, 0.2) is 29.2 Å². The number of nitrogens with one attached hydrogen (secondary N) is 1. The third-order valence-electron chi connectivity index (χ3n) is 3.72. The summed E-state index contributed by atoms with van der Waals surface area (Å²) in [5.74, 6) is -3.88. The van der Waals surface area contributed by atoms with Gasteiger partial charge < -0.3 is 5.32 Å². The Morgan fingerprint density at radius 2 is 1.71 bits per heavy atom. The maximum Gasteiger partial charge on any atom is 0.341 e. The molecule has 0 aliphatic carbocycles. The summed E-state index contributed by atoms with van der Waals surface area (Å²) in [7, 11) is -4.66. The zero-order valence-electron chi connectivity index (χ0n) is 13.4. The fourth-order valence-electron chi connectivity index (χ4n) is 2.33. The first-order valence-electron chi connectivity index (χ1n) is 7.17. The Kier molecular flexibility index (Phi) is 4.67. The molecule has 9 heteroatoms. The molecule has 24 heavy (non-hydrogen) atoms. The fraction of sp³-hybridized carbons (Fsp3) is 0.467. The van der Waals surface area contributed by atoms with Crippen LogP contribution in [0.2, 0.25) is 0 Å². The molecule has 0 saturated carbocycles. The summed E-state index contributed by atoms with van der Waals surface area (Å²) in [6, 6.07) is 3.50. The highest BCUT2D eigenvalue weighted by molar-refractivity contribution is 7.91. The van der Waals surface area contributed by atoms with Gasteiger partial charge in [0.1, 0.15) is 6.04 Å². The van der Waals surface area contributed by atoms with E-state index in [1.807, 2.05) is 20.8 Å². The maximum absolute atomic E-state index is 12.5. The number of imide groups is 1. The van der Waals surface area contributed by atoms with Crippen molar-refractivity contribution in [3.05, 3.63) is 29.8 Å². The highest BCUT2D eigenvalue weighted by atomic mass is 32.2. The van der Waals surface area contributed by atoms with Gasteiger partial charge >= 0.3 is 11.8 Å². The van der Waals surface area contributed by atoms with Crippen molar-refractivity contribution in [3.8, 4) is 0 Å². The average molecular weight is 360 g/mol. The number of amides is 3. The SMILES string of the molecule is CC(C)(C)[C@H]1NC(=O)N(Cc2ccc(S(=O)(=O)C(F)F)cc2)C1=O. The first-order valence-corrected chi connectivity index (χ1v) is 8.72. The quantitative estimate of drug-likeness (QED) is 0.834. The second kappa shape index (κ2) is 6.12. The Morgan fingerprint density at radius 3 is 2.12 bits per heavy atom. The Bertz CT molecular complexity index is 755. The number of benzene rings is 1. The molecule has 1 saturated heterocycles. The van der Waals surface area contributed by atoms with Crippen LogP contribution in [0.4, 0.5) is 13.6 Å². The number of carbonyl (C=O) groups is 2. The van der Waals surface area contributed by atoms with E-state index in [2.05, 4.69) is 5.32 Å². The lowest BCUT2D eigenvalue weighted by Gasteiger charge is -2.24. The van der Waals surface area contributed by atoms with Crippen LogP contribution in [0.5, 0.6) is 0 Å². The number of sulfone groups is 1. The Hall–Kier alpha value is -2.03. The lowest BCUT2D eigenvalue weighted by molar-refractivity contribution is -0.129. The van der Waals surface area contributed by atoms with E-state index in [1.165, 1.54) is 12.1 Å². The first kappa shape index (κ1) is 18.3. The smallest absolute Gasteiger partial charge is 0.325 e. The zero-order chi connectivity index (χ0) is 18.3. The number of hydrogen-bond acceptors (Lipinski definition) is 4. The number of hydrogen-bond donors (Lipinski definition) is 1. The van der Waals surface area contributed by atoms with Gasteiger partial charge in [0.15, 0.2) is 0 Å². The third kappa shape index (κ3) is 3.40. The molecule has 1 heterocycles. The van der Waals surface area contributed by atoms with Crippen LogP contribution in [0, 0.1) is 5.41 Å². The molecule has 2 rings (SSSR count). The first-order chi connectivity index (χ1) is 10.9. The summed E-state index contributed by atoms with van der Waals surface area (Å²) >= 11 is 0. The second-order valence-corrected chi connectivity index (χ2v) is 8.54. The topological polar surface area (TPSA) is 83.6 Å². The van der Waals surface area contributed by atoms with Gasteiger partial charge in [-0.3, -0.25) is 9.69 Å². The van der Waals surface area contributed by atoms with Gasteiger partial charge in [0, 0.05) is 0 Å². The normalized spacial score (nSPS) is 19.1. The summed E-state index contributed by atoms with van der Waals surface area (Å²) in [6.45, 7) is 5.41. The summed E-state index contributed by atoms with van der Waals surface area (Å²) in [6.07, 6.45) is 0. The molecule has 0 bridgehead atoms. The third-order valence-corrected chi connectivity index (χ3v) is 5.12. The molecule has 1 atom stereocenters. The number of nitrogens with zero attached hydrogens (tertiary/aromatic N) is 1. The minimum atomic E-state index is -4.66. The molecule has 1 aliphatic rings. The van der Waals surface area contributed by atoms with E-state index in [9.17, 15) is 26.8 Å². The predicted molar refractivity (Wildman–Crippen MR) is 82.0 cm³/mol. The van der Waals surface area contributed by atoms with Gasteiger partial charge in [0.25, 0.3) is 5.91 Å². The molecule has 1 aliphatic heterocycles. The van der Waals surface area contributed by atoms with Crippen LogP contribution in [0.3, 0.4) is 0 Å². The second-order valence-electron chi connectivity index (χ2n) is 6.62. The lowest BCUT2D eigenvalue weighted by Crippen LogP contribution is -2.41. The van der Waals surface area contributed by atoms with Crippen molar-refractivity contribution < 1.29 is 26.8 Å². The van der Waals surface area contributed by atoms with Gasteiger partial charge in [-0.2, -0.15) is 8.78 Å². The number of alkyl halides is 2. The average Bonchev–Trinajstić information content (AvgIpc) is 2.75. The van der Waals surface area contributed by atoms with E-state index >= 15 is 0 Å². The van der Waals surface area contributed by atoms with Crippen molar-refractivity contribution in [2.45, 2.75) is 44.0 Å². The van der Waals surface area contributed by atoms with E-state index in [1.54, 1.807) is 0 Å². The van der Waals surface area contributed by atoms with Crippen LogP contribution in [0.1, 0.15) is 26.3 Å². The van der Waals surface area contributed by atoms with E-state index < -0.39 is 38.0 Å².